The van der Waals surface area contributed by atoms with Gasteiger partial charge in [-0.25, -0.2) is 8.42 Å². The highest BCUT2D eigenvalue weighted by Gasteiger charge is 2.30. The SMILES string of the molecule is CC(C)C[C@H](Nc1ccccc1NS(C)(=O)=O)C(=O)N[C@H]1CCOC1O. The van der Waals surface area contributed by atoms with E-state index in [4.69, 9.17) is 4.74 Å². The van der Waals surface area contributed by atoms with E-state index in [2.05, 4.69) is 15.4 Å². The summed E-state index contributed by atoms with van der Waals surface area (Å²) in [6, 6.07) is 5.79. The highest BCUT2D eigenvalue weighted by atomic mass is 32.2. The highest BCUT2D eigenvalue weighted by Crippen LogP contribution is 2.24. The largest absolute Gasteiger partial charge is 0.372 e. The minimum absolute atomic E-state index is 0.234. The van der Waals surface area contributed by atoms with E-state index >= 15 is 0 Å². The van der Waals surface area contributed by atoms with Crippen molar-refractivity contribution in [3.8, 4) is 0 Å². The molecule has 8 nitrogen and oxygen atoms in total. The van der Waals surface area contributed by atoms with E-state index in [1.807, 2.05) is 13.8 Å². The molecule has 1 aliphatic heterocycles. The molecule has 0 radical (unpaired) electrons. The minimum Gasteiger partial charge on any atom is -0.372 e. The van der Waals surface area contributed by atoms with E-state index in [-0.39, 0.29) is 11.8 Å². The fourth-order valence-corrected chi connectivity index (χ4v) is 3.37. The quantitative estimate of drug-likeness (QED) is 0.533. The lowest BCUT2D eigenvalue weighted by molar-refractivity contribution is -0.126. The Bertz CT molecular complexity index is 723. The molecule has 1 aromatic carbocycles. The van der Waals surface area contributed by atoms with Crippen LogP contribution in [-0.2, 0) is 19.6 Å². The number of anilines is 2. The first-order chi connectivity index (χ1) is 12.2. The van der Waals surface area contributed by atoms with Crippen LogP contribution >= 0.6 is 0 Å². The summed E-state index contributed by atoms with van der Waals surface area (Å²) in [6.07, 6.45) is 1.16. The van der Waals surface area contributed by atoms with Crippen LogP contribution in [0, 0.1) is 5.92 Å². The van der Waals surface area contributed by atoms with Crippen molar-refractivity contribution in [2.24, 2.45) is 5.92 Å². The van der Waals surface area contributed by atoms with Crippen molar-refractivity contribution >= 4 is 27.3 Å². The Labute approximate surface area is 154 Å². The number of hydrogen-bond donors (Lipinski definition) is 4. The van der Waals surface area contributed by atoms with Gasteiger partial charge in [0, 0.05) is 0 Å². The molecule has 0 aliphatic carbocycles. The van der Waals surface area contributed by atoms with Crippen molar-refractivity contribution in [3.05, 3.63) is 24.3 Å². The number of ether oxygens (including phenoxy) is 1. The van der Waals surface area contributed by atoms with Gasteiger partial charge in [0.1, 0.15) is 6.04 Å². The van der Waals surface area contributed by atoms with Crippen molar-refractivity contribution in [3.63, 3.8) is 0 Å². The summed E-state index contributed by atoms with van der Waals surface area (Å²) in [5.41, 5.74) is 0.891. The van der Waals surface area contributed by atoms with Crippen LogP contribution in [0.2, 0.25) is 0 Å². The van der Waals surface area contributed by atoms with Gasteiger partial charge in [-0.05, 0) is 30.9 Å². The molecule has 0 spiro atoms. The first kappa shape index (κ1) is 20.5. The summed E-state index contributed by atoms with van der Waals surface area (Å²) in [7, 11) is -3.44. The summed E-state index contributed by atoms with van der Waals surface area (Å²) in [4.78, 5) is 12.7. The molecule has 26 heavy (non-hydrogen) atoms. The minimum atomic E-state index is -3.44. The first-order valence-electron chi connectivity index (χ1n) is 8.59. The monoisotopic (exact) mass is 385 g/mol. The lowest BCUT2D eigenvalue weighted by atomic mass is 10.0. The Morgan fingerprint density at radius 2 is 1.96 bits per heavy atom. The maximum absolute atomic E-state index is 12.7. The molecule has 1 fully saturated rings. The number of nitrogens with one attached hydrogen (secondary N) is 3. The van der Waals surface area contributed by atoms with E-state index in [0.29, 0.717) is 30.8 Å². The zero-order valence-electron chi connectivity index (χ0n) is 15.2. The lowest BCUT2D eigenvalue weighted by Crippen LogP contribution is -2.48. The van der Waals surface area contributed by atoms with Crippen LogP contribution in [0.25, 0.3) is 0 Å². The number of aliphatic hydroxyl groups is 1. The topological polar surface area (TPSA) is 117 Å². The molecule has 1 unspecified atom stereocenters. The molecule has 9 heteroatoms. The van der Waals surface area contributed by atoms with Crippen LogP contribution in [0.5, 0.6) is 0 Å². The smallest absolute Gasteiger partial charge is 0.242 e. The fraction of sp³-hybridized carbons (Fsp3) is 0.588. The molecule has 1 heterocycles. The fourth-order valence-electron chi connectivity index (χ4n) is 2.79. The lowest BCUT2D eigenvalue weighted by Gasteiger charge is -2.25. The molecule has 0 saturated carbocycles. The van der Waals surface area contributed by atoms with Crippen molar-refractivity contribution < 1.29 is 23.1 Å². The molecule has 1 amide bonds. The van der Waals surface area contributed by atoms with Crippen LogP contribution in [-0.4, -0.2) is 50.7 Å². The standard InChI is InChI=1S/C17H27N3O5S/c1-11(2)10-15(16(21)19-14-8-9-25-17(14)22)18-12-6-4-5-7-13(12)20-26(3,23)24/h4-7,11,14-15,17-18,20,22H,8-10H2,1-3H3,(H,19,21)/t14-,15-,17?/m0/s1. The molecule has 1 aromatic rings. The van der Waals surface area contributed by atoms with Crippen LogP contribution in [0.4, 0.5) is 11.4 Å². The normalized spacial score (nSPS) is 21.4. The average molecular weight is 385 g/mol. The maximum Gasteiger partial charge on any atom is 0.242 e. The molecule has 1 saturated heterocycles. The van der Waals surface area contributed by atoms with E-state index < -0.39 is 28.4 Å². The molecule has 0 bridgehead atoms. The maximum atomic E-state index is 12.7. The van der Waals surface area contributed by atoms with Crippen LogP contribution in [0.1, 0.15) is 26.7 Å². The Morgan fingerprint density at radius 1 is 1.31 bits per heavy atom. The van der Waals surface area contributed by atoms with Gasteiger partial charge in [-0.15, -0.1) is 0 Å². The van der Waals surface area contributed by atoms with Gasteiger partial charge in [0.05, 0.1) is 30.3 Å². The van der Waals surface area contributed by atoms with Gasteiger partial charge in [-0.3, -0.25) is 9.52 Å². The van der Waals surface area contributed by atoms with Crippen LogP contribution < -0.4 is 15.4 Å². The zero-order chi connectivity index (χ0) is 19.3. The number of rotatable bonds is 8. The number of aliphatic hydroxyl groups excluding tert-OH is 1. The summed E-state index contributed by atoms with van der Waals surface area (Å²) >= 11 is 0. The van der Waals surface area contributed by atoms with Crippen LogP contribution in [0.15, 0.2) is 24.3 Å². The second-order valence-electron chi connectivity index (χ2n) is 6.91. The molecule has 1 aliphatic rings. The molecule has 2 rings (SSSR count). The molecular formula is C17H27N3O5S. The van der Waals surface area contributed by atoms with Crippen molar-refractivity contribution in [1.29, 1.82) is 0 Å². The van der Waals surface area contributed by atoms with Gasteiger partial charge in [0.2, 0.25) is 15.9 Å². The van der Waals surface area contributed by atoms with Gasteiger partial charge in [-0.1, -0.05) is 26.0 Å². The van der Waals surface area contributed by atoms with Gasteiger partial charge < -0.3 is 20.5 Å². The number of carbonyl (C=O) groups excluding carboxylic acids is 1. The summed E-state index contributed by atoms with van der Waals surface area (Å²) in [5.74, 6) is -0.0274. The van der Waals surface area contributed by atoms with Gasteiger partial charge in [-0.2, -0.15) is 0 Å². The number of amides is 1. The second kappa shape index (κ2) is 8.70. The van der Waals surface area contributed by atoms with E-state index in [1.54, 1.807) is 24.3 Å². The summed E-state index contributed by atoms with van der Waals surface area (Å²) < 4.78 is 30.6. The Hall–Kier alpha value is -1.84. The number of carbonyl (C=O) groups is 1. The van der Waals surface area contributed by atoms with E-state index in [9.17, 15) is 18.3 Å². The summed E-state index contributed by atoms with van der Waals surface area (Å²) in [6.45, 7) is 4.39. The van der Waals surface area contributed by atoms with Crippen molar-refractivity contribution in [1.82, 2.24) is 5.32 Å². The third-order valence-electron chi connectivity index (χ3n) is 3.97. The summed E-state index contributed by atoms with van der Waals surface area (Å²) in [5, 5.41) is 15.7. The third kappa shape index (κ3) is 6.15. The zero-order valence-corrected chi connectivity index (χ0v) is 16.0. The molecule has 0 aromatic heterocycles. The third-order valence-corrected chi connectivity index (χ3v) is 4.56. The highest BCUT2D eigenvalue weighted by molar-refractivity contribution is 7.92. The average Bonchev–Trinajstić information content (AvgIpc) is 2.91. The second-order valence-corrected chi connectivity index (χ2v) is 8.66. The number of benzene rings is 1. The number of sulfonamides is 1. The van der Waals surface area contributed by atoms with Crippen LogP contribution in [0.3, 0.4) is 0 Å². The predicted octanol–water partition coefficient (Wildman–Crippen LogP) is 1.11. The Morgan fingerprint density at radius 3 is 2.50 bits per heavy atom. The van der Waals surface area contributed by atoms with Crippen molar-refractivity contribution in [2.75, 3.05) is 22.9 Å². The predicted molar refractivity (Wildman–Crippen MR) is 100 cm³/mol. The molecule has 3 atom stereocenters. The Kier molecular flexibility index (Phi) is 6.85. The van der Waals surface area contributed by atoms with E-state index in [0.717, 1.165) is 6.26 Å². The number of para-hydroxylation sites is 2. The van der Waals surface area contributed by atoms with Gasteiger partial charge in [0.15, 0.2) is 6.29 Å². The van der Waals surface area contributed by atoms with Crippen molar-refractivity contribution in [2.45, 2.75) is 45.1 Å². The van der Waals surface area contributed by atoms with Gasteiger partial charge in [0.25, 0.3) is 0 Å². The molecular weight excluding hydrogens is 358 g/mol. The first-order valence-corrected chi connectivity index (χ1v) is 10.5. The van der Waals surface area contributed by atoms with E-state index in [1.165, 1.54) is 0 Å². The van der Waals surface area contributed by atoms with Gasteiger partial charge >= 0.3 is 0 Å². The molecule has 4 N–H and O–H groups in total. The molecule has 146 valence electrons. The number of hydrogen-bond acceptors (Lipinski definition) is 6. The Balaban J connectivity index is 2.16.